The lowest BCUT2D eigenvalue weighted by atomic mass is 9.91. The molecule has 0 radical (unpaired) electrons. The number of carbonyl (C=O) groups is 2. The predicted molar refractivity (Wildman–Crippen MR) is 75.6 cm³/mol. The zero-order valence-electron chi connectivity index (χ0n) is 11.6. The number of fused-ring (bicyclic) bond motifs is 1. The molecule has 0 saturated heterocycles. The fourth-order valence-electron chi connectivity index (χ4n) is 3.30. The number of carboxylic acid groups (broad SMARTS) is 2. The molecule has 13 heteroatoms. The van der Waals surface area contributed by atoms with Crippen LogP contribution >= 0.6 is 24.2 Å². The number of H-pyrrole nitrogens is 1. The predicted octanol–water partition coefficient (Wildman–Crippen LogP) is 0.839. The Balaban J connectivity index is 0.00000208. The molecule has 1 heterocycles. The highest BCUT2D eigenvalue weighted by molar-refractivity contribution is 7.99. The van der Waals surface area contributed by atoms with E-state index >= 15 is 0 Å². The number of halogens is 4. The number of aromatic amines is 1. The Labute approximate surface area is 142 Å². The van der Waals surface area contributed by atoms with Gasteiger partial charge in [0.25, 0.3) is 0 Å². The molecule has 2 saturated carbocycles. The van der Waals surface area contributed by atoms with Gasteiger partial charge in [-0.1, -0.05) is 11.8 Å². The number of thioether (sulfide) groups is 1. The average Bonchev–Trinajstić information content (AvgIpc) is 2.88. The summed E-state index contributed by atoms with van der Waals surface area (Å²) in [6.45, 7) is 0. The Hall–Kier alpha value is -1.53. The maximum atomic E-state index is 12.5. The van der Waals surface area contributed by atoms with Gasteiger partial charge in [-0.3, -0.25) is 14.7 Å². The summed E-state index contributed by atoms with van der Waals surface area (Å²) in [4.78, 5) is 25.8. The van der Waals surface area contributed by atoms with Crippen LogP contribution < -0.4 is 5.73 Å². The largest absolute Gasteiger partial charge is 0.481 e. The second-order valence-electron chi connectivity index (χ2n) is 5.64. The number of aliphatic carboxylic acids is 2. The Morgan fingerprint density at radius 3 is 2.46 bits per heavy atom. The molecule has 0 spiro atoms. The van der Waals surface area contributed by atoms with Crippen molar-refractivity contribution >= 4 is 36.1 Å². The van der Waals surface area contributed by atoms with Crippen LogP contribution in [0.4, 0.5) is 13.2 Å². The standard InChI is InChI=1S/C11H11F3N4O4S.ClH/c12-11(13,14)7-16-9(18-17-7)23-2-1-10(15,8(21)22)5-3(2)4(5)6(19)20;/h2-5H,1,15H2,(H,19,20)(H,21,22)(H,16,17,18);1H/t2-,3+,4+,5+,10+;/m1./s1. The Bertz CT molecular complexity index is 686. The first-order chi connectivity index (χ1) is 10.6. The number of hydrogen-bond donors (Lipinski definition) is 4. The molecular formula is C11H12ClF3N4O4S. The van der Waals surface area contributed by atoms with E-state index in [1.54, 1.807) is 5.10 Å². The molecule has 5 N–H and O–H groups in total. The molecule has 0 bridgehead atoms. The number of alkyl halides is 3. The number of nitrogens with two attached hydrogens (primary N) is 1. The van der Waals surface area contributed by atoms with Crippen LogP contribution in [0.1, 0.15) is 12.2 Å². The van der Waals surface area contributed by atoms with Gasteiger partial charge in [0.05, 0.1) is 5.92 Å². The molecule has 2 fully saturated rings. The number of aromatic nitrogens is 3. The lowest BCUT2D eigenvalue weighted by Gasteiger charge is -2.23. The van der Waals surface area contributed by atoms with E-state index in [2.05, 4.69) is 10.1 Å². The Morgan fingerprint density at radius 2 is 2.00 bits per heavy atom. The summed E-state index contributed by atoms with van der Waals surface area (Å²) >= 11 is 0.819. The fraction of sp³-hybridized carbons (Fsp3) is 0.636. The van der Waals surface area contributed by atoms with Gasteiger partial charge < -0.3 is 15.9 Å². The molecule has 2 aliphatic carbocycles. The monoisotopic (exact) mass is 388 g/mol. The number of hydrogen-bond acceptors (Lipinski definition) is 6. The van der Waals surface area contributed by atoms with E-state index in [0.29, 0.717) is 0 Å². The van der Waals surface area contributed by atoms with Gasteiger partial charge in [0.15, 0.2) is 0 Å². The highest BCUT2D eigenvalue weighted by atomic mass is 35.5. The van der Waals surface area contributed by atoms with Crippen LogP contribution in [0, 0.1) is 17.8 Å². The summed E-state index contributed by atoms with van der Waals surface area (Å²) < 4.78 is 37.4. The zero-order valence-corrected chi connectivity index (χ0v) is 13.3. The Kier molecular flexibility index (Phi) is 4.52. The molecule has 0 amide bonds. The van der Waals surface area contributed by atoms with E-state index in [4.69, 9.17) is 10.8 Å². The quantitative estimate of drug-likeness (QED) is 0.594. The first kappa shape index (κ1) is 18.8. The van der Waals surface area contributed by atoms with Crippen molar-refractivity contribution in [3.8, 4) is 0 Å². The van der Waals surface area contributed by atoms with E-state index in [0.717, 1.165) is 11.8 Å². The van der Waals surface area contributed by atoms with Crippen molar-refractivity contribution in [1.29, 1.82) is 0 Å². The number of nitrogens with one attached hydrogen (secondary N) is 1. The third kappa shape index (κ3) is 2.82. The third-order valence-corrected chi connectivity index (χ3v) is 5.49. The zero-order chi connectivity index (χ0) is 17.2. The lowest BCUT2D eigenvalue weighted by molar-refractivity contribution is -0.146. The van der Waals surface area contributed by atoms with Crippen molar-refractivity contribution in [2.45, 2.75) is 28.5 Å². The van der Waals surface area contributed by atoms with Crippen LogP contribution in [0.15, 0.2) is 5.16 Å². The molecule has 1 aromatic heterocycles. The van der Waals surface area contributed by atoms with Crippen LogP contribution in [0.5, 0.6) is 0 Å². The lowest BCUT2D eigenvalue weighted by Crippen LogP contribution is -2.50. The van der Waals surface area contributed by atoms with E-state index in [9.17, 15) is 27.9 Å². The maximum absolute atomic E-state index is 12.5. The molecule has 5 atom stereocenters. The van der Waals surface area contributed by atoms with Gasteiger partial charge in [-0.25, -0.2) is 0 Å². The average molecular weight is 389 g/mol. The van der Waals surface area contributed by atoms with Crippen molar-refractivity contribution in [3.63, 3.8) is 0 Å². The highest BCUT2D eigenvalue weighted by Gasteiger charge is 2.74. The molecule has 2 aliphatic rings. The normalized spacial score (nSPS) is 34.3. The summed E-state index contributed by atoms with van der Waals surface area (Å²) in [5, 5.41) is 22.8. The summed E-state index contributed by atoms with van der Waals surface area (Å²) in [6, 6.07) is 0. The van der Waals surface area contributed by atoms with Crippen molar-refractivity contribution in [2.24, 2.45) is 23.5 Å². The first-order valence-electron chi connectivity index (χ1n) is 6.47. The van der Waals surface area contributed by atoms with Gasteiger partial charge in [0.2, 0.25) is 11.0 Å². The SMILES string of the molecule is Cl.N[C@@]1(C(=O)O)C[C@@H](Sc2n[nH]c(C(F)(F)F)n2)[C@H]2[C@H](C(=O)O)[C@H]21. The van der Waals surface area contributed by atoms with Crippen LogP contribution in [0.2, 0.25) is 0 Å². The van der Waals surface area contributed by atoms with Gasteiger partial charge in [-0.2, -0.15) is 18.2 Å². The smallest absolute Gasteiger partial charge is 0.451 e. The second-order valence-corrected chi connectivity index (χ2v) is 6.84. The molecule has 8 nitrogen and oxygen atoms in total. The molecule has 1 aromatic rings. The molecule has 0 unspecified atom stereocenters. The number of carboxylic acids is 2. The van der Waals surface area contributed by atoms with Crippen LogP contribution in [-0.2, 0) is 15.8 Å². The summed E-state index contributed by atoms with van der Waals surface area (Å²) in [5.74, 6) is -5.92. The second kappa shape index (κ2) is 5.77. The fourth-order valence-corrected chi connectivity index (χ4v) is 4.66. The van der Waals surface area contributed by atoms with Crippen molar-refractivity contribution in [3.05, 3.63) is 5.82 Å². The van der Waals surface area contributed by atoms with Crippen molar-refractivity contribution < 1.29 is 33.0 Å². The van der Waals surface area contributed by atoms with Crippen molar-refractivity contribution in [2.75, 3.05) is 0 Å². The minimum absolute atomic E-state index is 0. The summed E-state index contributed by atoms with van der Waals surface area (Å²) in [6.07, 6.45) is -4.73. The van der Waals surface area contributed by atoms with Crippen LogP contribution in [-0.4, -0.2) is 48.1 Å². The van der Waals surface area contributed by atoms with Crippen LogP contribution in [0.3, 0.4) is 0 Å². The Morgan fingerprint density at radius 1 is 1.38 bits per heavy atom. The summed E-state index contributed by atoms with van der Waals surface area (Å²) in [5.41, 5.74) is 4.13. The number of nitrogens with zero attached hydrogens (tertiary/aromatic N) is 2. The molecule has 3 rings (SSSR count). The van der Waals surface area contributed by atoms with E-state index < -0.39 is 52.5 Å². The van der Waals surface area contributed by atoms with E-state index in [-0.39, 0.29) is 24.0 Å². The van der Waals surface area contributed by atoms with E-state index in [1.165, 1.54) is 0 Å². The molecule has 0 aliphatic heterocycles. The molecule has 24 heavy (non-hydrogen) atoms. The molecule has 0 aromatic carbocycles. The topological polar surface area (TPSA) is 142 Å². The summed E-state index contributed by atoms with van der Waals surface area (Å²) in [7, 11) is 0. The van der Waals surface area contributed by atoms with Gasteiger partial charge in [-0.15, -0.1) is 17.5 Å². The first-order valence-corrected chi connectivity index (χ1v) is 7.35. The van der Waals surface area contributed by atoms with Crippen molar-refractivity contribution in [1.82, 2.24) is 15.2 Å². The maximum Gasteiger partial charge on any atom is 0.451 e. The minimum Gasteiger partial charge on any atom is -0.481 e. The third-order valence-electron chi connectivity index (χ3n) is 4.31. The number of rotatable bonds is 4. The van der Waals surface area contributed by atoms with E-state index in [1.807, 2.05) is 0 Å². The van der Waals surface area contributed by atoms with Gasteiger partial charge >= 0.3 is 18.1 Å². The highest BCUT2D eigenvalue weighted by Crippen LogP contribution is 2.65. The van der Waals surface area contributed by atoms with Gasteiger partial charge in [0.1, 0.15) is 5.54 Å². The minimum atomic E-state index is -4.67. The molecule has 134 valence electrons. The van der Waals surface area contributed by atoms with Crippen LogP contribution in [0.25, 0.3) is 0 Å². The van der Waals surface area contributed by atoms with Gasteiger partial charge in [0, 0.05) is 11.2 Å². The van der Waals surface area contributed by atoms with Gasteiger partial charge in [-0.05, 0) is 12.3 Å². The molecular weight excluding hydrogens is 377 g/mol.